The molecular weight excluding hydrogens is 1080 g/mol. The maximum absolute atomic E-state index is 2.38. The van der Waals surface area contributed by atoms with Crippen LogP contribution in [0.2, 0.25) is 0 Å². The molecule has 0 amide bonds. The Balaban J connectivity index is 0.000000118. The molecule has 0 bridgehead atoms. The third kappa shape index (κ3) is 12.5. The molecule has 90 heavy (non-hydrogen) atoms. The summed E-state index contributed by atoms with van der Waals surface area (Å²) in [7, 11) is 0. The van der Waals surface area contributed by atoms with E-state index >= 15 is 0 Å². The molecule has 0 atom stereocenters. The van der Waals surface area contributed by atoms with Crippen molar-refractivity contribution in [2.24, 2.45) is 0 Å². The van der Waals surface area contributed by atoms with E-state index in [4.69, 9.17) is 0 Å². The Labute approximate surface area is 536 Å². The highest BCUT2D eigenvalue weighted by molar-refractivity contribution is 5.87. The molecule has 0 spiro atoms. The summed E-state index contributed by atoms with van der Waals surface area (Å²) in [6.07, 6.45) is 0. The molecule has 2 aliphatic carbocycles. The van der Waals surface area contributed by atoms with Crippen LogP contribution in [0.3, 0.4) is 0 Å². The molecule has 0 saturated heterocycles. The molecule has 15 rings (SSSR count). The zero-order valence-electron chi connectivity index (χ0n) is 53.9. The first-order valence-corrected chi connectivity index (χ1v) is 31.8. The predicted molar refractivity (Wildman–Crippen MR) is 386 cm³/mol. The van der Waals surface area contributed by atoms with Gasteiger partial charge in [-0.25, -0.2) is 0 Å². The van der Waals surface area contributed by atoms with Crippen molar-refractivity contribution in [3.63, 3.8) is 0 Å². The largest absolute Gasteiger partial charge is 0.0713 e. The van der Waals surface area contributed by atoms with Gasteiger partial charge in [0.2, 0.25) is 0 Å². The molecule has 13 aromatic rings. The minimum absolute atomic E-state index is 0.145. The monoisotopic (exact) mass is 1160 g/mol. The standard InChI is InChI=1S/C27H22.C26H22.C20H18.C17H18/c1-19-13-15-23-24-16-14-20(2)18-26(24)27(25(23)17-19,21-9-5-3-6-10-21)22-11-7-4-8-12-22;1-19-7-3-9-21(15-19)23-11-5-13-25(17-23)26-14-6-12-24(18-26)22-10-4-8-20(2)16-22;1-15-6-3-8-17(12-15)19-10-5-11-20(14-19)18-9-4-7-16(2)13-18;1-11-5-7-15-13(9-11)14-10-12(2)6-8-16(14)17(15,3)4/h3-18H,1-2H3;3-18H,1-2H3;3-14H,1-2H3;5-10H,1-4H3. The van der Waals surface area contributed by atoms with Gasteiger partial charge in [0.05, 0.1) is 5.41 Å². The van der Waals surface area contributed by atoms with Crippen LogP contribution in [-0.2, 0) is 10.8 Å². The Kier molecular flexibility index (Phi) is 17.3. The van der Waals surface area contributed by atoms with Gasteiger partial charge >= 0.3 is 0 Å². The molecule has 2 aliphatic rings. The van der Waals surface area contributed by atoms with Gasteiger partial charge in [-0.1, -0.05) is 343 Å². The van der Waals surface area contributed by atoms with Crippen LogP contribution >= 0.6 is 0 Å². The summed E-state index contributed by atoms with van der Waals surface area (Å²) in [6, 6.07) is 110. The lowest BCUT2D eigenvalue weighted by Gasteiger charge is -2.34. The molecule has 0 unspecified atom stereocenters. The summed E-state index contributed by atoms with van der Waals surface area (Å²) in [5, 5.41) is 0. The smallest absolute Gasteiger partial charge is 0.0622 e. The van der Waals surface area contributed by atoms with Gasteiger partial charge in [-0.15, -0.1) is 0 Å². The van der Waals surface area contributed by atoms with Crippen molar-refractivity contribution < 1.29 is 0 Å². The zero-order chi connectivity index (χ0) is 62.5. The third-order valence-electron chi connectivity index (χ3n) is 18.2. The van der Waals surface area contributed by atoms with E-state index in [0.29, 0.717) is 0 Å². The number of benzene rings is 13. The fourth-order valence-electron chi connectivity index (χ4n) is 13.6. The molecule has 0 heteroatoms. The first-order valence-electron chi connectivity index (χ1n) is 31.8. The van der Waals surface area contributed by atoms with Crippen molar-refractivity contribution in [2.75, 3.05) is 0 Å². The fourth-order valence-corrected chi connectivity index (χ4v) is 13.6. The maximum Gasteiger partial charge on any atom is 0.0713 e. The van der Waals surface area contributed by atoms with Crippen LogP contribution in [0.1, 0.15) is 91.7 Å². The average molecular weight is 1160 g/mol. The topological polar surface area (TPSA) is 0 Å². The summed E-state index contributed by atoms with van der Waals surface area (Å²) < 4.78 is 0. The van der Waals surface area contributed by atoms with Crippen LogP contribution in [0, 0.1) is 55.4 Å². The van der Waals surface area contributed by atoms with E-state index in [0.717, 1.165) is 0 Å². The van der Waals surface area contributed by atoms with Crippen LogP contribution < -0.4 is 0 Å². The quantitative estimate of drug-likeness (QED) is 0.149. The van der Waals surface area contributed by atoms with Crippen LogP contribution in [0.15, 0.2) is 303 Å². The summed E-state index contributed by atoms with van der Waals surface area (Å²) in [5.41, 5.74) is 36.9. The lowest BCUT2D eigenvalue weighted by atomic mass is 9.67. The van der Waals surface area contributed by atoms with Gasteiger partial charge in [-0.2, -0.15) is 0 Å². The Morgan fingerprint density at radius 2 is 0.422 bits per heavy atom. The summed E-state index contributed by atoms with van der Waals surface area (Å²) in [6.45, 7) is 21.9. The molecule has 0 aliphatic heterocycles. The van der Waals surface area contributed by atoms with Crippen molar-refractivity contribution in [1.29, 1.82) is 0 Å². The summed E-state index contributed by atoms with van der Waals surface area (Å²) >= 11 is 0. The minimum atomic E-state index is -0.273. The van der Waals surface area contributed by atoms with E-state index in [9.17, 15) is 0 Å². The summed E-state index contributed by atoms with van der Waals surface area (Å²) in [5.74, 6) is 0. The van der Waals surface area contributed by atoms with Gasteiger partial charge in [-0.05, 0) is 185 Å². The second kappa shape index (κ2) is 25.9. The lowest BCUT2D eigenvalue weighted by Crippen LogP contribution is -2.28. The van der Waals surface area contributed by atoms with E-state index in [1.807, 2.05) is 0 Å². The number of fused-ring (bicyclic) bond motifs is 6. The number of rotatable bonds is 7. The average Bonchev–Trinajstić information content (AvgIpc) is 1.54. The fraction of sp³-hybridized carbons (Fsp3) is 0.133. The molecule has 0 aromatic heterocycles. The molecule has 0 saturated carbocycles. The van der Waals surface area contributed by atoms with E-state index in [2.05, 4.69) is 373 Å². The van der Waals surface area contributed by atoms with Crippen molar-refractivity contribution in [1.82, 2.24) is 0 Å². The van der Waals surface area contributed by atoms with Gasteiger partial charge in [0.15, 0.2) is 0 Å². The molecule has 13 aromatic carbocycles. The molecule has 0 heterocycles. The Morgan fingerprint density at radius 3 is 0.711 bits per heavy atom. The SMILES string of the molecule is Cc1ccc2c(c1)-c1cc(C)ccc1C2(C)C.Cc1ccc2c(c1)C(c1ccccc1)(c1ccccc1)c1cc(C)ccc1-2.Cc1cccc(-c2cccc(-c3cccc(-c4cccc(C)c4)c3)c2)c1.Cc1cccc(-c2cccc(-c3cccc(C)c3)c2)c1. The normalized spacial score (nSPS) is 12.5. The lowest BCUT2D eigenvalue weighted by molar-refractivity contribution is 0.660. The highest BCUT2D eigenvalue weighted by Gasteiger charge is 2.46. The van der Waals surface area contributed by atoms with Crippen LogP contribution in [-0.4, -0.2) is 0 Å². The van der Waals surface area contributed by atoms with E-state index in [-0.39, 0.29) is 10.8 Å². The molecule has 440 valence electrons. The van der Waals surface area contributed by atoms with Crippen LogP contribution in [0.4, 0.5) is 0 Å². The third-order valence-corrected chi connectivity index (χ3v) is 18.2. The van der Waals surface area contributed by atoms with Crippen LogP contribution in [0.25, 0.3) is 77.9 Å². The number of hydrogen-bond acceptors (Lipinski definition) is 0. The van der Waals surface area contributed by atoms with E-state index in [1.165, 1.54) is 156 Å². The van der Waals surface area contributed by atoms with E-state index in [1.54, 1.807) is 0 Å². The van der Waals surface area contributed by atoms with Gasteiger partial charge in [0.1, 0.15) is 0 Å². The minimum Gasteiger partial charge on any atom is -0.0622 e. The van der Waals surface area contributed by atoms with E-state index < -0.39 is 0 Å². The number of hydrogen-bond donors (Lipinski definition) is 0. The Hall–Kier alpha value is -10.1. The predicted octanol–water partition coefficient (Wildman–Crippen LogP) is 24.2. The summed E-state index contributed by atoms with van der Waals surface area (Å²) in [4.78, 5) is 0. The van der Waals surface area contributed by atoms with Gasteiger partial charge in [-0.3, -0.25) is 0 Å². The first kappa shape index (κ1) is 60.2. The second-order valence-corrected chi connectivity index (χ2v) is 25.5. The highest BCUT2D eigenvalue weighted by atomic mass is 14.5. The zero-order valence-corrected chi connectivity index (χ0v) is 53.9. The van der Waals surface area contributed by atoms with Crippen molar-refractivity contribution in [3.8, 4) is 77.9 Å². The van der Waals surface area contributed by atoms with Gasteiger partial charge in [0.25, 0.3) is 0 Å². The maximum atomic E-state index is 2.38. The van der Waals surface area contributed by atoms with Crippen LogP contribution in [0.5, 0.6) is 0 Å². The Bertz CT molecular complexity index is 4410. The molecule has 0 N–H and O–H groups in total. The second-order valence-electron chi connectivity index (χ2n) is 25.5. The molecule has 0 nitrogen and oxygen atoms in total. The molecular formula is C90H80. The van der Waals surface area contributed by atoms with Crippen molar-refractivity contribution >= 4 is 0 Å². The van der Waals surface area contributed by atoms with Gasteiger partial charge in [0, 0.05) is 5.41 Å². The highest BCUT2D eigenvalue weighted by Crippen LogP contribution is 2.56. The van der Waals surface area contributed by atoms with Crippen molar-refractivity contribution in [2.45, 2.75) is 80.1 Å². The number of aryl methyl sites for hydroxylation is 8. The Morgan fingerprint density at radius 1 is 0.178 bits per heavy atom. The molecule has 0 radical (unpaired) electrons. The van der Waals surface area contributed by atoms with Gasteiger partial charge < -0.3 is 0 Å². The first-order chi connectivity index (χ1) is 43.6. The molecule has 0 fully saturated rings. The van der Waals surface area contributed by atoms with Crippen molar-refractivity contribution in [3.05, 3.63) is 381 Å².